The van der Waals surface area contributed by atoms with Crippen LogP contribution < -0.4 is 27.0 Å². The second-order valence-corrected chi connectivity index (χ2v) is 13.6. The second-order valence-electron chi connectivity index (χ2n) is 13.6. The largest absolute Gasteiger partial charge is 0.479 e. The van der Waals surface area contributed by atoms with Crippen molar-refractivity contribution in [3.05, 3.63) is 70.7 Å². The average Bonchev–Trinajstić information content (AvgIpc) is 3.63. The summed E-state index contributed by atoms with van der Waals surface area (Å²) in [5, 5.41) is 18.1. The Balaban J connectivity index is 1.51. The van der Waals surface area contributed by atoms with Gasteiger partial charge in [0, 0.05) is 28.6 Å². The van der Waals surface area contributed by atoms with Crippen LogP contribution in [-0.2, 0) is 33.4 Å². The summed E-state index contributed by atoms with van der Waals surface area (Å²) in [6, 6.07) is 7.88. The lowest BCUT2D eigenvalue weighted by atomic mass is 9.76. The molecule has 0 spiro atoms. The number of aliphatic carboxylic acids is 1. The third kappa shape index (κ3) is 6.77. The minimum Gasteiger partial charge on any atom is -0.479 e. The molecular weight excluding hydrogens is 634 g/mol. The van der Waals surface area contributed by atoms with Crippen LogP contribution in [0.3, 0.4) is 0 Å². The van der Waals surface area contributed by atoms with Gasteiger partial charge in [0.15, 0.2) is 0 Å². The molecule has 15 heteroatoms. The fourth-order valence-electron chi connectivity index (χ4n) is 6.44. The molecule has 3 aromatic rings. The van der Waals surface area contributed by atoms with E-state index in [1.165, 1.54) is 35.4 Å². The minimum atomic E-state index is -4.68. The number of nitrogens with zero attached hydrogens (tertiary/aromatic N) is 1. The van der Waals surface area contributed by atoms with Gasteiger partial charge in [-0.1, -0.05) is 50.6 Å². The second kappa shape index (κ2) is 13.1. The molecule has 2 aliphatic rings. The fourth-order valence-corrected chi connectivity index (χ4v) is 6.44. The van der Waals surface area contributed by atoms with E-state index >= 15 is 0 Å². The Morgan fingerprint density at radius 1 is 1.10 bits per heavy atom. The number of nitrogens with one attached hydrogen (secondary N) is 6. The van der Waals surface area contributed by atoms with Crippen molar-refractivity contribution in [2.75, 3.05) is 0 Å². The number of carbonyl (C=O) groups is 3. The first-order chi connectivity index (χ1) is 22.5. The molecule has 11 nitrogen and oxygen atoms in total. The molecule has 1 fully saturated rings. The molecule has 2 aromatic carbocycles. The normalized spacial score (nSPS) is 23.0. The highest BCUT2D eigenvalue weighted by Crippen LogP contribution is 2.45. The Kier molecular flexibility index (Phi) is 9.63. The van der Waals surface area contributed by atoms with Crippen molar-refractivity contribution in [1.82, 2.24) is 37.1 Å². The molecule has 4 unspecified atom stereocenters. The topological polar surface area (TPSA) is 151 Å². The lowest BCUT2D eigenvalue weighted by molar-refractivity contribution is -0.148. The molecule has 260 valence electrons. The van der Waals surface area contributed by atoms with Crippen LogP contribution in [-0.4, -0.2) is 56.3 Å². The Labute approximate surface area is 275 Å². The third-order valence-corrected chi connectivity index (χ3v) is 9.25. The number of hydrogen-bond acceptors (Lipinski definition) is 7. The maximum absolute atomic E-state index is 14.2. The predicted molar refractivity (Wildman–Crippen MR) is 169 cm³/mol. The molecule has 2 amide bonds. The predicted octanol–water partition coefficient (Wildman–Crippen LogP) is 4.02. The number of fused-ring (bicyclic) bond motifs is 3. The SMILES string of the molecule is CCC(C)C(NC(=O)Cc1ccccc1F)C(=O)N[C@H]1Cc2c([nH]c3c(C(F)(F)F)cccc23)C(C2(C(=O)O)NNN(C(C)(C)C)N2)C1. The van der Waals surface area contributed by atoms with E-state index < -0.39 is 64.5 Å². The van der Waals surface area contributed by atoms with Crippen LogP contribution >= 0.6 is 0 Å². The number of hydrazine groups is 3. The quantitative estimate of drug-likeness (QED) is 0.168. The number of rotatable bonds is 9. The van der Waals surface area contributed by atoms with E-state index in [4.69, 9.17) is 0 Å². The summed E-state index contributed by atoms with van der Waals surface area (Å²) in [7, 11) is 0. The van der Waals surface area contributed by atoms with Gasteiger partial charge in [0.1, 0.15) is 11.9 Å². The first-order valence-corrected chi connectivity index (χ1v) is 15.8. The zero-order valence-electron chi connectivity index (χ0n) is 27.3. The van der Waals surface area contributed by atoms with E-state index in [1.807, 2.05) is 27.7 Å². The molecule has 5 atom stereocenters. The number of carboxylic acids is 1. The fraction of sp³-hybridized carbons (Fsp3) is 0.485. The summed E-state index contributed by atoms with van der Waals surface area (Å²) in [4.78, 5) is 42.8. The highest BCUT2D eigenvalue weighted by molar-refractivity contribution is 5.91. The Hall–Kier alpha value is -4.05. The Morgan fingerprint density at radius 2 is 1.81 bits per heavy atom. The molecule has 5 rings (SSSR count). The molecule has 0 saturated carbocycles. The van der Waals surface area contributed by atoms with Gasteiger partial charge in [0.05, 0.1) is 17.5 Å². The number of alkyl halides is 3. The van der Waals surface area contributed by atoms with Crippen molar-refractivity contribution in [2.45, 2.75) is 95.7 Å². The van der Waals surface area contributed by atoms with Crippen molar-refractivity contribution in [2.24, 2.45) is 5.92 Å². The summed E-state index contributed by atoms with van der Waals surface area (Å²) in [5.74, 6) is -4.32. The zero-order valence-corrected chi connectivity index (χ0v) is 27.3. The molecule has 1 aliphatic carbocycles. The minimum absolute atomic E-state index is 0.00920. The van der Waals surface area contributed by atoms with Crippen LogP contribution in [0.25, 0.3) is 10.9 Å². The van der Waals surface area contributed by atoms with E-state index in [1.54, 1.807) is 13.0 Å². The van der Waals surface area contributed by atoms with E-state index in [2.05, 4.69) is 32.0 Å². The Morgan fingerprint density at radius 3 is 2.42 bits per heavy atom. The summed E-state index contributed by atoms with van der Waals surface area (Å²) in [6.45, 7) is 9.12. The van der Waals surface area contributed by atoms with E-state index in [0.29, 0.717) is 17.7 Å². The summed E-state index contributed by atoms with van der Waals surface area (Å²) in [5.41, 5.74) is 5.95. The van der Waals surface area contributed by atoms with Crippen molar-refractivity contribution in [3.63, 3.8) is 0 Å². The lowest BCUT2D eigenvalue weighted by Crippen LogP contribution is -2.64. The lowest BCUT2D eigenvalue weighted by Gasteiger charge is -2.40. The van der Waals surface area contributed by atoms with Crippen LogP contribution in [0, 0.1) is 11.7 Å². The van der Waals surface area contributed by atoms with Gasteiger partial charge in [-0.05, 0) is 62.8 Å². The van der Waals surface area contributed by atoms with Crippen molar-refractivity contribution >= 4 is 28.7 Å². The zero-order chi connectivity index (χ0) is 35.2. The monoisotopic (exact) mass is 675 g/mol. The van der Waals surface area contributed by atoms with Crippen LogP contribution in [0.5, 0.6) is 0 Å². The number of para-hydroxylation sites is 1. The number of halogens is 4. The number of aromatic amines is 1. The van der Waals surface area contributed by atoms with Gasteiger partial charge < -0.3 is 20.7 Å². The summed E-state index contributed by atoms with van der Waals surface area (Å²) >= 11 is 0. The highest BCUT2D eigenvalue weighted by Gasteiger charge is 2.56. The number of H-pyrrole nitrogens is 1. The van der Waals surface area contributed by atoms with Crippen molar-refractivity contribution in [3.8, 4) is 0 Å². The maximum atomic E-state index is 14.2. The van der Waals surface area contributed by atoms with Crippen LogP contribution in [0.2, 0.25) is 0 Å². The van der Waals surface area contributed by atoms with Crippen LogP contribution in [0.4, 0.5) is 17.6 Å². The number of carboxylic acid groups (broad SMARTS) is 1. The van der Waals surface area contributed by atoms with Crippen molar-refractivity contribution < 1.29 is 37.1 Å². The first kappa shape index (κ1) is 35.3. The molecule has 1 saturated heterocycles. The molecular formula is C33H41F4N7O4. The third-order valence-electron chi connectivity index (χ3n) is 9.25. The van der Waals surface area contributed by atoms with Gasteiger partial charge >= 0.3 is 12.1 Å². The Bertz CT molecular complexity index is 1710. The average molecular weight is 676 g/mol. The number of benzene rings is 2. The standard InChI is InChI=1S/C33H41F4N7O4/c1-6-17(2)26(39-25(45)14-18-10-7-8-13-24(18)34)29(46)38-19-15-21-20-11-9-12-22(33(35,36)37)27(20)40-28(21)23(16-19)32(30(47)48)41-43-44(42-32)31(3,4)5/h7-13,17,19,23,26,40-43H,6,14-16H2,1-5H3,(H,38,46)(H,39,45)(H,47,48)/t17?,19-,23?,26?,32?/m0/s1. The molecule has 48 heavy (non-hydrogen) atoms. The number of amides is 2. The van der Waals surface area contributed by atoms with E-state index in [0.717, 1.165) is 6.07 Å². The van der Waals surface area contributed by atoms with Gasteiger partial charge in [-0.15, -0.1) is 0 Å². The smallest absolute Gasteiger partial charge is 0.418 e. The molecule has 2 heterocycles. The number of hydrogen-bond donors (Lipinski definition) is 7. The van der Waals surface area contributed by atoms with Gasteiger partial charge in [0.25, 0.3) is 0 Å². The van der Waals surface area contributed by atoms with E-state index in [9.17, 15) is 37.1 Å². The molecule has 0 radical (unpaired) electrons. The summed E-state index contributed by atoms with van der Waals surface area (Å²) < 4.78 is 56.6. The molecule has 7 N–H and O–H groups in total. The van der Waals surface area contributed by atoms with Crippen LogP contribution in [0.15, 0.2) is 42.5 Å². The highest BCUT2D eigenvalue weighted by atomic mass is 19.4. The van der Waals surface area contributed by atoms with Gasteiger partial charge in [-0.2, -0.15) is 23.8 Å². The van der Waals surface area contributed by atoms with Crippen LogP contribution in [0.1, 0.15) is 75.8 Å². The van der Waals surface area contributed by atoms with Gasteiger partial charge in [-0.25, -0.2) is 20.0 Å². The molecule has 1 aliphatic heterocycles. The molecule has 0 bridgehead atoms. The van der Waals surface area contributed by atoms with Gasteiger partial charge in [0.2, 0.25) is 17.5 Å². The maximum Gasteiger partial charge on any atom is 0.418 e. The van der Waals surface area contributed by atoms with E-state index in [-0.39, 0.29) is 41.6 Å². The first-order valence-electron chi connectivity index (χ1n) is 15.8. The van der Waals surface area contributed by atoms with Gasteiger partial charge in [-0.3, -0.25) is 9.59 Å². The summed E-state index contributed by atoms with van der Waals surface area (Å²) in [6.07, 6.45) is -4.34. The number of carbonyl (C=O) groups excluding carboxylic acids is 2. The van der Waals surface area contributed by atoms with Crippen molar-refractivity contribution in [1.29, 1.82) is 0 Å². The number of aromatic nitrogens is 1. The molecule has 1 aromatic heterocycles.